The highest BCUT2D eigenvalue weighted by molar-refractivity contribution is 7.13. The van der Waals surface area contributed by atoms with Crippen molar-refractivity contribution in [2.24, 2.45) is 0 Å². The second-order valence-corrected chi connectivity index (χ2v) is 8.49. The first-order valence-electron chi connectivity index (χ1n) is 10.0. The average Bonchev–Trinajstić information content (AvgIpc) is 3.19. The second kappa shape index (κ2) is 8.84. The molecule has 5 heteroatoms. The van der Waals surface area contributed by atoms with Crippen LogP contribution in [0.3, 0.4) is 0 Å². The molecule has 4 rings (SSSR count). The molecule has 0 atom stereocenters. The van der Waals surface area contributed by atoms with E-state index in [9.17, 15) is 4.39 Å². The van der Waals surface area contributed by atoms with Crippen LogP contribution in [0.2, 0.25) is 0 Å². The molecule has 2 aromatic carbocycles. The molecule has 0 radical (unpaired) electrons. The molecule has 154 valence electrons. The predicted molar refractivity (Wildman–Crippen MR) is 121 cm³/mol. The van der Waals surface area contributed by atoms with Crippen LogP contribution in [0.1, 0.15) is 25.0 Å². The first-order valence-corrected chi connectivity index (χ1v) is 10.9. The molecule has 0 unspecified atom stereocenters. The number of fused-ring (bicyclic) bond motifs is 1. The zero-order valence-electron chi connectivity index (χ0n) is 17.3. The lowest BCUT2D eigenvalue weighted by Gasteiger charge is -2.26. The van der Waals surface area contributed by atoms with Crippen molar-refractivity contribution >= 4 is 11.3 Å². The van der Waals surface area contributed by atoms with Crippen LogP contribution in [0.25, 0.3) is 10.4 Å². The zero-order valence-corrected chi connectivity index (χ0v) is 18.1. The van der Waals surface area contributed by atoms with E-state index in [0.29, 0.717) is 6.61 Å². The standard InChI is InChI=1S/C25H25FN2OS/c1-17(2)23(12-19-4-7-22(26)8-5-19)18(3)28-10-11-29-24-9-6-20(13-21(24)15-28)25-14-27-16-30-25/h4-9,13-14,16H,1,10-12,15H2,2-3H3/b23-18+. The summed E-state index contributed by atoms with van der Waals surface area (Å²) in [6, 6.07) is 13.1. The van der Waals surface area contributed by atoms with Crippen molar-refractivity contribution in [2.75, 3.05) is 13.2 Å². The molecule has 1 aliphatic rings. The number of rotatable bonds is 5. The minimum absolute atomic E-state index is 0.214. The van der Waals surface area contributed by atoms with Crippen LogP contribution in [0.4, 0.5) is 4.39 Å². The van der Waals surface area contributed by atoms with Crippen molar-refractivity contribution in [1.82, 2.24) is 9.88 Å². The van der Waals surface area contributed by atoms with Crippen molar-refractivity contribution in [2.45, 2.75) is 26.8 Å². The Labute approximate surface area is 181 Å². The lowest BCUT2D eigenvalue weighted by molar-refractivity contribution is 0.262. The van der Waals surface area contributed by atoms with Crippen LogP contribution >= 0.6 is 11.3 Å². The summed E-state index contributed by atoms with van der Waals surface area (Å²) < 4.78 is 19.3. The molecule has 0 saturated heterocycles. The molecular formula is C25H25FN2OS. The van der Waals surface area contributed by atoms with Crippen LogP contribution < -0.4 is 4.74 Å². The number of aromatic nitrogens is 1. The summed E-state index contributed by atoms with van der Waals surface area (Å²) in [4.78, 5) is 7.71. The van der Waals surface area contributed by atoms with E-state index in [1.807, 2.05) is 30.8 Å². The van der Waals surface area contributed by atoms with E-state index in [1.165, 1.54) is 29.0 Å². The Kier molecular flexibility index (Phi) is 6.00. The molecule has 0 saturated carbocycles. The summed E-state index contributed by atoms with van der Waals surface area (Å²) in [6.07, 6.45) is 2.63. The lowest BCUT2D eigenvalue weighted by Crippen LogP contribution is -2.25. The van der Waals surface area contributed by atoms with Crippen LogP contribution in [-0.2, 0) is 13.0 Å². The minimum atomic E-state index is -0.214. The summed E-state index contributed by atoms with van der Waals surface area (Å²) in [5.41, 5.74) is 8.66. The monoisotopic (exact) mass is 420 g/mol. The molecule has 1 aromatic heterocycles. The second-order valence-electron chi connectivity index (χ2n) is 7.61. The Bertz CT molecular complexity index is 1070. The predicted octanol–water partition coefficient (Wildman–Crippen LogP) is 6.24. The Morgan fingerprint density at radius 3 is 2.70 bits per heavy atom. The first-order chi connectivity index (χ1) is 14.5. The van der Waals surface area contributed by atoms with Crippen LogP contribution in [0.15, 0.2) is 77.6 Å². The Morgan fingerprint density at radius 1 is 1.20 bits per heavy atom. The van der Waals surface area contributed by atoms with Crippen molar-refractivity contribution in [3.8, 4) is 16.2 Å². The normalized spacial score (nSPS) is 14.4. The number of halogens is 1. The third-order valence-corrected chi connectivity index (χ3v) is 6.30. The summed E-state index contributed by atoms with van der Waals surface area (Å²) in [7, 11) is 0. The first kappa shape index (κ1) is 20.4. The van der Waals surface area contributed by atoms with Crippen LogP contribution in [0.5, 0.6) is 5.75 Å². The fraction of sp³-hybridized carbons (Fsp3) is 0.240. The maximum atomic E-state index is 13.3. The molecule has 0 amide bonds. The highest BCUT2D eigenvalue weighted by atomic mass is 32.1. The van der Waals surface area contributed by atoms with E-state index < -0.39 is 0 Å². The number of allylic oxidation sites excluding steroid dienone is 3. The maximum absolute atomic E-state index is 13.3. The molecule has 3 nitrogen and oxygen atoms in total. The molecule has 3 aromatic rings. The third kappa shape index (κ3) is 4.46. The maximum Gasteiger partial charge on any atom is 0.124 e. The number of ether oxygens (including phenoxy) is 1. The van der Waals surface area contributed by atoms with Gasteiger partial charge < -0.3 is 9.64 Å². The summed E-state index contributed by atoms with van der Waals surface area (Å²) in [5.74, 6) is 0.725. The summed E-state index contributed by atoms with van der Waals surface area (Å²) in [5, 5.41) is 0. The number of thiazole rings is 1. The number of hydrogen-bond acceptors (Lipinski definition) is 4. The summed E-state index contributed by atoms with van der Waals surface area (Å²) >= 11 is 1.64. The van der Waals surface area contributed by atoms with Gasteiger partial charge in [0.25, 0.3) is 0 Å². The molecule has 0 N–H and O–H groups in total. The van der Waals surface area contributed by atoms with Gasteiger partial charge in [-0.1, -0.05) is 24.3 Å². The zero-order chi connectivity index (χ0) is 21.1. The van der Waals surface area contributed by atoms with Gasteiger partial charge in [0.05, 0.1) is 16.9 Å². The molecular weight excluding hydrogens is 395 g/mol. The number of nitrogens with zero attached hydrogens (tertiary/aromatic N) is 2. The largest absolute Gasteiger partial charge is 0.491 e. The molecule has 2 heterocycles. The van der Waals surface area contributed by atoms with Crippen LogP contribution in [-0.4, -0.2) is 23.0 Å². The summed E-state index contributed by atoms with van der Waals surface area (Å²) in [6.45, 7) is 10.6. The number of benzene rings is 2. The van der Waals surface area contributed by atoms with E-state index in [0.717, 1.165) is 46.8 Å². The van der Waals surface area contributed by atoms with Gasteiger partial charge >= 0.3 is 0 Å². The van der Waals surface area contributed by atoms with E-state index in [-0.39, 0.29) is 5.82 Å². The van der Waals surface area contributed by atoms with Gasteiger partial charge in [-0.15, -0.1) is 11.3 Å². The smallest absolute Gasteiger partial charge is 0.124 e. The topological polar surface area (TPSA) is 25.4 Å². The molecule has 0 bridgehead atoms. The van der Waals surface area contributed by atoms with Crippen molar-refractivity contribution < 1.29 is 9.13 Å². The quantitative estimate of drug-likeness (QED) is 0.457. The van der Waals surface area contributed by atoms with Gasteiger partial charge in [-0.05, 0) is 67.3 Å². The Hall–Kier alpha value is -2.92. The lowest BCUT2D eigenvalue weighted by atomic mass is 9.97. The molecule has 1 aliphatic heterocycles. The van der Waals surface area contributed by atoms with E-state index in [1.54, 1.807) is 11.3 Å². The van der Waals surface area contributed by atoms with Crippen LogP contribution in [0, 0.1) is 5.82 Å². The molecule has 0 aliphatic carbocycles. The Morgan fingerprint density at radius 2 is 2.00 bits per heavy atom. The molecule has 0 fully saturated rings. The van der Waals surface area contributed by atoms with E-state index in [2.05, 4.69) is 41.6 Å². The van der Waals surface area contributed by atoms with Gasteiger partial charge in [-0.3, -0.25) is 4.98 Å². The highest BCUT2D eigenvalue weighted by Crippen LogP contribution is 2.32. The SMILES string of the molecule is C=C(C)/C(Cc1ccc(F)cc1)=C(\C)N1CCOc2ccc(-c3cncs3)cc2C1. The fourth-order valence-electron chi connectivity index (χ4n) is 3.78. The molecule has 30 heavy (non-hydrogen) atoms. The van der Waals surface area contributed by atoms with Gasteiger partial charge in [-0.25, -0.2) is 4.39 Å². The van der Waals surface area contributed by atoms with E-state index >= 15 is 0 Å². The van der Waals surface area contributed by atoms with Gasteiger partial charge in [0.15, 0.2) is 0 Å². The van der Waals surface area contributed by atoms with E-state index in [4.69, 9.17) is 4.74 Å². The van der Waals surface area contributed by atoms with Gasteiger partial charge in [-0.2, -0.15) is 0 Å². The average molecular weight is 421 g/mol. The van der Waals surface area contributed by atoms with Gasteiger partial charge in [0.1, 0.15) is 18.2 Å². The third-order valence-electron chi connectivity index (χ3n) is 5.48. The van der Waals surface area contributed by atoms with Gasteiger partial charge in [0.2, 0.25) is 0 Å². The number of hydrogen-bond donors (Lipinski definition) is 0. The van der Waals surface area contributed by atoms with Crippen molar-refractivity contribution in [3.63, 3.8) is 0 Å². The highest BCUT2D eigenvalue weighted by Gasteiger charge is 2.19. The Balaban J connectivity index is 1.64. The van der Waals surface area contributed by atoms with Gasteiger partial charge in [0, 0.05) is 24.0 Å². The fourth-order valence-corrected chi connectivity index (χ4v) is 4.40. The van der Waals surface area contributed by atoms with Crippen molar-refractivity contribution in [1.29, 1.82) is 0 Å². The minimum Gasteiger partial charge on any atom is -0.491 e. The van der Waals surface area contributed by atoms with Crippen molar-refractivity contribution in [3.05, 3.63) is 94.5 Å². The molecule has 0 spiro atoms.